The molecule has 1 atom stereocenters. The summed E-state index contributed by atoms with van der Waals surface area (Å²) in [7, 11) is 0. The van der Waals surface area contributed by atoms with E-state index in [-0.39, 0.29) is 11.2 Å². The summed E-state index contributed by atoms with van der Waals surface area (Å²) in [6.45, 7) is 1.96. The Morgan fingerprint density at radius 2 is 1.85 bits per heavy atom. The molecule has 0 fully saturated rings. The van der Waals surface area contributed by atoms with Gasteiger partial charge in [-0.15, -0.1) is 0 Å². The van der Waals surface area contributed by atoms with Crippen LogP contribution in [0.2, 0.25) is 10.0 Å². The summed E-state index contributed by atoms with van der Waals surface area (Å²) in [5.41, 5.74) is 2.45. The molecule has 0 radical (unpaired) electrons. The minimum atomic E-state index is -0.294. The van der Waals surface area contributed by atoms with Gasteiger partial charge in [0, 0.05) is 11.3 Å². The molecule has 2 aromatic carbocycles. The van der Waals surface area contributed by atoms with Gasteiger partial charge in [0.25, 0.3) is 0 Å². The van der Waals surface area contributed by atoms with Crippen molar-refractivity contribution in [2.45, 2.75) is 23.6 Å². The van der Waals surface area contributed by atoms with E-state index in [2.05, 4.69) is 15.3 Å². The number of hydrogen-bond donors (Lipinski definition) is 1. The Labute approximate surface area is 172 Å². The lowest BCUT2D eigenvalue weighted by molar-refractivity contribution is -0.115. The van der Waals surface area contributed by atoms with Gasteiger partial charge in [0.15, 0.2) is 0 Å². The zero-order valence-electron chi connectivity index (χ0n) is 14.5. The minimum absolute atomic E-state index is 0.110. The van der Waals surface area contributed by atoms with Gasteiger partial charge in [0.2, 0.25) is 5.91 Å². The van der Waals surface area contributed by atoms with Crippen LogP contribution in [0.3, 0.4) is 0 Å². The Morgan fingerprint density at radius 1 is 1.07 bits per heavy atom. The van der Waals surface area contributed by atoms with E-state index >= 15 is 0 Å². The van der Waals surface area contributed by atoms with E-state index in [9.17, 15) is 4.79 Å². The van der Waals surface area contributed by atoms with Crippen molar-refractivity contribution >= 4 is 46.6 Å². The second-order valence-corrected chi connectivity index (χ2v) is 7.78. The second-order valence-electron chi connectivity index (χ2n) is 5.74. The fourth-order valence-electron chi connectivity index (χ4n) is 2.44. The Hall–Kier alpha value is -2.08. The maximum absolute atomic E-state index is 12.6. The van der Waals surface area contributed by atoms with E-state index in [1.54, 1.807) is 18.2 Å². The van der Waals surface area contributed by atoms with E-state index in [1.165, 1.54) is 18.1 Å². The predicted octanol–water partition coefficient (Wildman–Crippen LogP) is 5.96. The molecule has 0 saturated heterocycles. The highest BCUT2D eigenvalue weighted by Crippen LogP contribution is 2.29. The van der Waals surface area contributed by atoms with Gasteiger partial charge in [-0.2, -0.15) is 0 Å². The number of carbonyl (C=O) groups is 1. The normalized spacial score (nSPS) is 11.8. The van der Waals surface area contributed by atoms with Crippen LogP contribution < -0.4 is 5.32 Å². The van der Waals surface area contributed by atoms with Crippen LogP contribution in [0.15, 0.2) is 66.0 Å². The molecule has 0 aliphatic carbocycles. The summed E-state index contributed by atoms with van der Waals surface area (Å²) in [4.78, 5) is 21.3. The third kappa shape index (κ3) is 5.22. The molecule has 27 heavy (non-hydrogen) atoms. The van der Waals surface area contributed by atoms with Crippen LogP contribution in [0.4, 0.5) is 5.69 Å². The molecule has 3 rings (SSSR count). The lowest BCUT2D eigenvalue weighted by atomic mass is 10.1. The topological polar surface area (TPSA) is 54.9 Å². The van der Waals surface area contributed by atoms with Crippen molar-refractivity contribution in [1.82, 2.24) is 9.97 Å². The molecule has 0 saturated carbocycles. The average Bonchev–Trinajstić information content (AvgIpc) is 2.70. The first-order valence-electron chi connectivity index (χ1n) is 8.37. The number of nitrogens with one attached hydrogen (secondary N) is 1. The maximum Gasteiger partial charge on any atom is 0.237 e. The largest absolute Gasteiger partial charge is 0.325 e. The van der Waals surface area contributed by atoms with Gasteiger partial charge in [-0.05, 0) is 30.7 Å². The number of halogens is 2. The number of amides is 1. The van der Waals surface area contributed by atoms with Gasteiger partial charge in [-0.25, -0.2) is 9.97 Å². The SMILES string of the molecule is CCC(Sc1cc(-c2ccccc2)ncn1)C(=O)Nc1ccc(Cl)c(Cl)c1. The first-order chi connectivity index (χ1) is 13.1. The molecule has 0 aliphatic heterocycles. The van der Waals surface area contributed by atoms with Crippen LogP contribution in [0.25, 0.3) is 11.3 Å². The molecule has 0 aliphatic rings. The van der Waals surface area contributed by atoms with Crippen molar-refractivity contribution in [3.63, 3.8) is 0 Å². The number of aromatic nitrogens is 2. The maximum atomic E-state index is 12.6. The monoisotopic (exact) mass is 417 g/mol. The molecular weight excluding hydrogens is 401 g/mol. The molecule has 1 aromatic heterocycles. The van der Waals surface area contributed by atoms with E-state index < -0.39 is 0 Å². The van der Waals surface area contributed by atoms with E-state index in [4.69, 9.17) is 23.2 Å². The molecule has 1 unspecified atom stereocenters. The Morgan fingerprint density at radius 3 is 2.56 bits per heavy atom. The molecule has 1 amide bonds. The molecule has 0 spiro atoms. The molecule has 7 heteroatoms. The minimum Gasteiger partial charge on any atom is -0.325 e. The van der Waals surface area contributed by atoms with Crippen LogP contribution in [-0.4, -0.2) is 21.1 Å². The number of rotatable bonds is 6. The number of benzene rings is 2. The van der Waals surface area contributed by atoms with Crippen LogP contribution in [-0.2, 0) is 4.79 Å². The van der Waals surface area contributed by atoms with Crippen molar-refractivity contribution in [2.24, 2.45) is 0 Å². The average molecular weight is 418 g/mol. The lowest BCUT2D eigenvalue weighted by Gasteiger charge is -2.15. The lowest BCUT2D eigenvalue weighted by Crippen LogP contribution is -2.24. The van der Waals surface area contributed by atoms with Crippen LogP contribution in [0.1, 0.15) is 13.3 Å². The predicted molar refractivity (Wildman–Crippen MR) is 112 cm³/mol. The highest BCUT2D eigenvalue weighted by molar-refractivity contribution is 8.00. The van der Waals surface area contributed by atoms with Crippen LogP contribution in [0.5, 0.6) is 0 Å². The van der Waals surface area contributed by atoms with Crippen molar-refractivity contribution in [1.29, 1.82) is 0 Å². The summed E-state index contributed by atoms with van der Waals surface area (Å²) in [6.07, 6.45) is 2.18. The van der Waals surface area contributed by atoms with Gasteiger partial charge in [0.1, 0.15) is 11.4 Å². The first kappa shape index (κ1) is 19.7. The summed E-state index contributed by atoms with van der Waals surface area (Å²) in [5, 5.41) is 4.19. The molecule has 1 heterocycles. The summed E-state index contributed by atoms with van der Waals surface area (Å²) < 4.78 is 0. The molecule has 138 valence electrons. The quantitative estimate of drug-likeness (QED) is 0.396. The number of anilines is 1. The van der Waals surface area contributed by atoms with Gasteiger partial charge in [-0.1, -0.05) is 72.2 Å². The van der Waals surface area contributed by atoms with E-state index in [0.717, 1.165) is 16.3 Å². The van der Waals surface area contributed by atoms with E-state index in [0.29, 0.717) is 22.2 Å². The summed E-state index contributed by atoms with van der Waals surface area (Å²) >= 11 is 13.3. The van der Waals surface area contributed by atoms with Crippen molar-refractivity contribution < 1.29 is 4.79 Å². The summed E-state index contributed by atoms with van der Waals surface area (Å²) in [5.74, 6) is -0.110. The van der Waals surface area contributed by atoms with E-state index in [1.807, 2.05) is 43.3 Å². The standard InChI is InChI=1S/C20H17Cl2N3OS/c1-2-18(20(26)25-14-8-9-15(21)16(22)10-14)27-19-11-17(23-12-24-19)13-6-4-3-5-7-13/h3-12,18H,2H2,1H3,(H,25,26). The second kappa shape index (κ2) is 9.22. The highest BCUT2D eigenvalue weighted by Gasteiger charge is 2.19. The zero-order chi connectivity index (χ0) is 19.2. The molecule has 1 N–H and O–H groups in total. The molecule has 0 bridgehead atoms. The van der Waals surface area contributed by atoms with Gasteiger partial charge >= 0.3 is 0 Å². The fraction of sp³-hybridized carbons (Fsp3) is 0.150. The first-order valence-corrected chi connectivity index (χ1v) is 10.0. The Bertz CT molecular complexity index is 938. The van der Waals surface area contributed by atoms with Crippen LogP contribution >= 0.6 is 35.0 Å². The Balaban J connectivity index is 1.72. The van der Waals surface area contributed by atoms with Crippen molar-refractivity contribution in [3.05, 3.63) is 71.0 Å². The number of thioether (sulfide) groups is 1. The van der Waals surface area contributed by atoms with Crippen LogP contribution in [0, 0.1) is 0 Å². The van der Waals surface area contributed by atoms with Gasteiger partial charge in [0.05, 0.1) is 21.0 Å². The number of hydrogen-bond acceptors (Lipinski definition) is 4. The summed E-state index contributed by atoms with van der Waals surface area (Å²) in [6, 6.07) is 16.8. The molecular formula is C20H17Cl2N3OS. The van der Waals surface area contributed by atoms with Crippen molar-refractivity contribution in [2.75, 3.05) is 5.32 Å². The number of nitrogens with zero attached hydrogens (tertiary/aromatic N) is 2. The molecule has 3 aromatic rings. The smallest absolute Gasteiger partial charge is 0.237 e. The van der Waals surface area contributed by atoms with Gasteiger partial charge in [-0.3, -0.25) is 4.79 Å². The number of carbonyl (C=O) groups excluding carboxylic acids is 1. The Kier molecular flexibility index (Phi) is 6.72. The fourth-order valence-corrected chi connectivity index (χ4v) is 3.65. The highest BCUT2D eigenvalue weighted by atomic mass is 35.5. The molecule has 4 nitrogen and oxygen atoms in total. The van der Waals surface area contributed by atoms with Gasteiger partial charge < -0.3 is 5.32 Å². The third-order valence-electron chi connectivity index (χ3n) is 3.82. The van der Waals surface area contributed by atoms with Crippen molar-refractivity contribution in [3.8, 4) is 11.3 Å². The zero-order valence-corrected chi connectivity index (χ0v) is 16.9. The third-order valence-corrected chi connectivity index (χ3v) is 5.86.